The van der Waals surface area contributed by atoms with Crippen LogP contribution in [0.3, 0.4) is 0 Å². The van der Waals surface area contributed by atoms with E-state index in [1.54, 1.807) is 29.5 Å². The molecule has 1 aromatic heterocycles. The van der Waals surface area contributed by atoms with Gasteiger partial charge >= 0.3 is 0 Å². The number of hydrogen-bond donors (Lipinski definition) is 2. The number of nitrogen functional groups attached to an aromatic ring is 1. The first-order valence-electron chi connectivity index (χ1n) is 6.29. The first kappa shape index (κ1) is 13.4. The zero-order valence-electron chi connectivity index (χ0n) is 10.7. The van der Waals surface area contributed by atoms with Crippen molar-refractivity contribution >= 4 is 34.5 Å². The number of rotatable bonds is 2. The Hall–Kier alpha value is -1.56. The number of thiophene rings is 1. The quantitative estimate of drug-likeness (QED) is 0.662. The summed E-state index contributed by atoms with van der Waals surface area (Å²) in [6.45, 7) is 1.37. The molecule has 6 heteroatoms. The Kier molecular flexibility index (Phi) is 3.65. The van der Waals surface area contributed by atoms with E-state index in [1.165, 1.54) is 10.4 Å². The summed E-state index contributed by atoms with van der Waals surface area (Å²) in [6.07, 6.45) is 0.907. The van der Waals surface area contributed by atoms with Crippen molar-refractivity contribution in [2.75, 3.05) is 12.0 Å². The molecule has 0 aliphatic carbocycles. The minimum absolute atomic E-state index is 0.0442. The highest BCUT2D eigenvalue weighted by Crippen LogP contribution is 2.27. The summed E-state index contributed by atoms with van der Waals surface area (Å²) in [5.41, 5.74) is 4.89. The summed E-state index contributed by atoms with van der Waals surface area (Å²) < 4.78 is 0. The van der Waals surface area contributed by atoms with Crippen molar-refractivity contribution in [3.8, 4) is 0 Å². The molecule has 0 spiro atoms. The van der Waals surface area contributed by atoms with Gasteiger partial charge in [-0.2, -0.15) is 0 Å². The molecule has 2 aromatic rings. The third-order valence-electron chi connectivity index (χ3n) is 3.46. The molecule has 0 unspecified atom stereocenters. The van der Waals surface area contributed by atoms with Crippen LogP contribution in [0.1, 0.15) is 20.8 Å². The molecule has 1 aliphatic rings. The fraction of sp³-hybridized carbons (Fsp3) is 0.214. The molecule has 1 aromatic carbocycles. The molecular weight excluding hydrogens is 294 g/mol. The summed E-state index contributed by atoms with van der Waals surface area (Å²) in [6, 6.07) is 7.16. The largest absolute Gasteiger partial charge is 0.334 e. The van der Waals surface area contributed by atoms with E-state index < -0.39 is 0 Å². The number of amides is 1. The first-order chi connectivity index (χ1) is 9.69. The number of hydrogen-bond acceptors (Lipinski definition) is 4. The van der Waals surface area contributed by atoms with Crippen molar-refractivity contribution in [2.45, 2.75) is 13.0 Å². The second-order valence-electron chi connectivity index (χ2n) is 4.68. The number of nitrogens with zero attached hydrogens (tertiary/aromatic N) is 1. The maximum absolute atomic E-state index is 12.6. The summed E-state index contributed by atoms with van der Waals surface area (Å²) in [7, 11) is 0. The van der Waals surface area contributed by atoms with Gasteiger partial charge in [0.25, 0.3) is 5.91 Å². The Labute approximate surface area is 126 Å². The highest BCUT2D eigenvalue weighted by atomic mass is 35.5. The maximum atomic E-state index is 12.6. The number of carbonyl (C=O) groups excluding carboxylic acids is 1. The van der Waals surface area contributed by atoms with Gasteiger partial charge in [-0.05, 0) is 41.6 Å². The van der Waals surface area contributed by atoms with Gasteiger partial charge < -0.3 is 10.3 Å². The normalized spacial score (nSPS) is 14.0. The minimum atomic E-state index is -0.0442. The number of fused-ring (bicyclic) bond motifs is 1. The van der Waals surface area contributed by atoms with Gasteiger partial charge in [0.1, 0.15) is 0 Å². The molecule has 0 atom stereocenters. The van der Waals surface area contributed by atoms with Gasteiger partial charge in [-0.1, -0.05) is 11.6 Å². The van der Waals surface area contributed by atoms with Gasteiger partial charge in [0, 0.05) is 23.0 Å². The van der Waals surface area contributed by atoms with Crippen molar-refractivity contribution in [1.29, 1.82) is 0 Å². The third-order valence-corrected chi connectivity index (χ3v) is 4.72. The lowest BCUT2D eigenvalue weighted by Gasteiger charge is -2.27. The van der Waals surface area contributed by atoms with Crippen molar-refractivity contribution in [3.05, 3.63) is 50.7 Å². The van der Waals surface area contributed by atoms with Crippen LogP contribution in [-0.2, 0) is 13.0 Å². The summed E-state index contributed by atoms with van der Waals surface area (Å²) >= 11 is 7.74. The second-order valence-corrected chi connectivity index (χ2v) is 6.12. The topological polar surface area (TPSA) is 58.4 Å². The predicted octanol–water partition coefficient (Wildman–Crippen LogP) is 2.89. The fourth-order valence-electron chi connectivity index (χ4n) is 2.41. The third kappa shape index (κ3) is 2.40. The van der Waals surface area contributed by atoms with Crippen LogP contribution in [0.15, 0.2) is 29.6 Å². The highest BCUT2D eigenvalue weighted by Gasteiger charge is 2.24. The van der Waals surface area contributed by atoms with Crippen LogP contribution in [0.25, 0.3) is 0 Å². The molecule has 2 heterocycles. The second kappa shape index (κ2) is 5.44. The lowest BCUT2D eigenvalue weighted by atomic mass is 10.1. The van der Waals surface area contributed by atoms with Crippen LogP contribution in [0.2, 0.25) is 5.02 Å². The Morgan fingerprint density at radius 2 is 2.25 bits per heavy atom. The Morgan fingerprint density at radius 3 is 3.05 bits per heavy atom. The number of nitrogens with two attached hydrogens (primary N) is 1. The van der Waals surface area contributed by atoms with E-state index >= 15 is 0 Å². The molecule has 3 rings (SSSR count). The first-order valence-corrected chi connectivity index (χ1v) is 7.55. The number of halogens is 1. The fourth-order valence-corrected chi connectivity index (χ4v) is 3.47. The molecule has 0 fully saturated rings. The van der Waals surface area contributed by atoms with E-state index in [0.29, 0.717) is 22.8 Å². The van der Waals surface area contributed by atoms with Crippen LogP contribution in [-0.4, -0.2) is 17.4 Å². The van der Waals surface area contributed by atoms with Crippen molar-refractivity contribution in [1.82, 2.24) is 4.90 Å². The van der Waals surface area contributed by atoms with Crippen LogP contribution in [0.4, 0.5) is 5.69 Å². The van der Waals surface area contributed by atoms with E-state index in [9.17, 15) is 4.79 Å². The molecule has 0 saturated heterocycles. The molecule has 104 valence electrons. The van der Waals surface area contributed by atoms with Gasteiger partial charge in [0.2, 0.25) is 0 Å². The number of carbonyl (C=O) groups is 1. The number of anilines is 1. The molecule has 20 heavy (non-hydrogen) atoms. The average molecular weight is 308 g/mol. The van der Waals surface area contributed by atoms with Crippen LogP contribution < -0.4 is 11.3 Å². The molecule has 4 nitrogen and oxygen atoms in total. The standard InChI is InChI=1S/C14H14ClN3OS/c15-10-1-2-12(17-16)11(7-10)14(19)18-5-3-13-9(8-18)4-6-20-13/h1-2,4,6-7,17H,3,5,8,16H2. The van der Waals surface area contributed by atoms with Crippen molar-refractivity contribution < 1.29 is 4.79 Å². The average Bonchev–Trinajstić information content (AvgIpc) is 2.93. The Morgan fingerprint density at radius 1 is 1.40 bits per heavy atom. The van der Waals surface area contributed by atoms with Crippen molar-refractivity contribution in [3.63, 3.8) is 0 Å². The Balaban J connectivity index is 1.88. The number of nitrogens with one attached hydrogen (secondary N) is 1. The summed E-state index contributed by atoms with van der Waals surface area (Å²) in [4.78, 5) is 15.8. The van der Waals surface area contributed by atoms with Gasteiger partial charge in [-0.3, -0.25) is 10.6 Å². The predicted molar refractivity (Wildman–Crippen MR) is 82.0 cm³/mol. The van der Waals surface area contributed by atoms with Gasteiger partial charge in [-0.25, -0.2) is 0 Å². The smallest absolute Gasteiger partial charge is 0.256 e. The van der Waals surface area contributed by atoms with E-state index in [2.05, 4.69) is 16.9 Å². The summed E-state index contributed by atoms with van der Waals surface area (Å²) in [5, 5.41) is 2.60. The molecular formula is C14H14ClN3OS. The highest BCUT2D eigenvalue weighted by molar-refractivity contribution is 7.10. The van der Waals surface area contributed by atoms with Gasteiger partial charge in [-0.15, -0.1) is 11.3 Å². The lowest BCUT2D eigenvalue weighted by molar-refractivity contribution is 0.0737. The SMILES string of the molecule is NNc1ccc(Cl)cc1C(=O)N1CCc2sccc2C1. The zero-order chi connectivity index (χ0) is 14.1. The van der Waals surface area contributed by atoms with Gasteiger partial charge in [0.15, 0.2) is 0 Å². The Bertz CT molecular complexity index is 656. The molecule has 1 amide bonds. The van der Waals surface area contributed by atoms with E-state index in [1.807, 2.05) is 4.90 Å². The van der Waals surface area contributed by atoms with Crippen LogP contribution >= 0.6 is 22.9 Å². The maximum Gasteiger partial charge on any atom is 0.256 e. The van der Waals surface area contributed by atoms with E-state index in [-0.39, 0.29) is 5.91 Å². The number of hydrazine groups is 1. The zero-order valence-corrected chi connectivity index (χ0v) is 12.3. The van der Waals surface area contributed by atoms with Crippen molar-refractivity contribution in [2.24, 2.45) is 5.84 Å². The van der Waals surface area contributed by atoms with Gasteiger partial charge in [0.05, 0.1) is 11.3 Å². The molecule has 3 N–H and O–H groups in total. The van der Waals surface area contributed by atoms with E-state index in [4.69, 9.17) is 17.4 Å². The molecule has 0 bridgehead atoms. The molecule has 0 radical (unpaired) electrons. The summed E-state index contributed by atoms with van der Waals surface area (Å²) in [5.74, 6) is 5.42. The molecule has 0 saturated carbocycles. The minimum Gasteiger partial charge on any atom is -0.334 e. The van der Waals surface area contributed by atoms with Crippen LogP contribution in [0, 0.1) is 0 Å². The van der Waals surface area contributed by atoms with E-state index in [0.717, 1.165) is 13.0 Å². The number of benzene rings is 1. The molecule has 1 aliphatic heterocycles. The van der Waals surface area contributed by atoms with Crippen LogP contribution in [0.5, 0.6) is 0 Å². The monoisotopic (exact) mass is 307 g/mol. The lowest BCUT2D eigenvalue weighted by Crippen LogP contribution is -2.35.